The van der Waals surface area contributed by atoms with E-state index in [4.69, 9.17) is 6.48 Å². The van der Waals surface area contributed by atoms with Crippen LogP contribution >= 0.6 is 0 Å². The molecule has 0 atom stereocenters. The predicted octanol–water partition coefficient (Wildman–Crippen LogP) is 3.05. The van der Waals surface area contributed by atoms with Gasteiger partial charge in [0.15, 0.2) is 0 Å². The summed E-state index contributed by atoms with van der Waals surface area (Å²) in [5.74, 6) is -1.01. The third-order valence-electron chi connectivity index (χ3n) is 2.18. The van der Waals surface area contributed by atoms with Crippen LogP contribution in [-0.4, -0.2) is 11.1 Å². The van der Waals surface area contributed by atoms with Gasteiger partial charge in [0, 0.05) is 0 Å². The van der Waals surface area contributed by atoms with Gasteiger partial charge in [-0.3, -0.25) is 0 Å². The molecular weight excluding hydrogens is 188 g/mol. The first kappa shape index (κ1) is 8.24. The third-order valence-corrected chi connectivity index (χ3v) is 2.18. The zero-order valence-electron chi connectivity index (χ0n) is 8.97. The van der Waals surface area contributed by atoms with Crippen molar-refractivity contribution < 1.29 is 11.3 Å². The van der Waals surface area contributed by atoms with E-state index in [0.29, 0.717) is 5.56 Å². The molecule has 1 N–H and O–H groups in total. The topological polar surface area (TPSA) is 37.3 Å². The van der Waals surface area contributed by atoms with E-state index < -0.39 is 5.97 Å². The number of aromatic carboxylic acids is 1. The maximum Gasteiger partial charge on any atom is 0.336 e. The molecule has 74 valence electrons. The maximum atomic E-state index is 11.1. The Morgan fingerprint density at radius 2 is 1.80 bits per heavy atom. The summed E-state index contributed by atoms with van der Waals surface area (Å²) in [5.41, 5.74) is 1.66. The monoisotopic (exact) mass is 199 g/mol. The first-order valence-electron chi connectivity index (χ1n) is 5.08. The van der Waals surface area contributed by atoms with Crippen molar-refractivity contribution in [1.82, 2.24) is 0 Å². The highest BCUT2D eigenvalue weighted by Crippen LogP contribution is 2.22. The average Bonchev–Trinajstić information content (AvgIpc) is 2.30. The van der Waals surface area contributed by atoms with Gasteiger partial charge in [-0.25, -0.2) is 4.79 Å². The van der Waals surface area contributed by atoms with Gasteiger partial charge in [-0.15, -0.1) is 0 Å². The molecule has 0 spiro atoms. The highest BCUT2D eigenvalue weighted by atomic mass is 16.4. The molecule has 0 aliphatic carbocycles. The van der Waals surface area contributed by atoms with Crippen LogP contribution in [0.3, 0.4) is 0 Å². The second-order valence-electron chi connectivity index (χ2n) is 3.14. The molecule has 2 nitrogen and oxygen atoms in total. The largest absolute Gasteiger partial charge is 0.478 e. The lowest BCUT2D eigenvalue weighted by Crippen LogP contribution is -1.98. The van der Waals surface area contributed by atoms with Gasteiger partial charge >= 0.3 is 5.97 Å². The average molecular weight is 199 g/mol. The van der Waals surface area contributed by atoms with E-state index in [9.17, 15) is 4.79 Å². The van der Waals surface area contributed by atoms with E-state index in [1.165, 1.54) is 6.07 Å². The number of carboxylic acid groups (broad SMARTS) is 1. The van der Waals surface area contributed by atoms with Crippen LogP contribution in [0.1, 0.15) is 11.7 Å². The Bertz CT molecular complexity index is 521. The lowest BCUT2D eigenvalue weighted by atomic mass is 10.00. The fourth-order valence-electron chi connectivity index (χ4n) is 1.48. The number of benzene rings is 2. The molecule has 0 amide bonds. The van der Waals surface area contributed by atoms with E-state index in [1.807, 2.05) is 30.3 Å². The minimum absolute atomic E-state index is 0.165. The maximum absolute atomic E-state index is 11.1. The van der Waals surface area contributed by atoms with E-state index >= 15 is 0 Å². The summed E-state index contributed by atoms with van der Waals surface area (Å²) in [6, 6.07) is 14.1. The quantitative estimate of drug-likeness (QED) is 0.807. The summed E-state index contributed by atoms with van der Waals surface area (Å²) in [6.07, 6.45) is 0. The van der Waals surface area contributed by atoms with Crippen molar-refractivity contribution in [2.24, 2.45) is 0 Å². The lowest BCUT2D eigenvalue weighted by Gasteiger charge is -2.05. The van der Waals surface area contributed by atoms with Crippen LogP contribution in [0.4, 0.5) is 0 Å². The molecule has 0 fully saturated rings. The van der Waals surface area contributed by atoms with E-state index in [1.54, 1.807) is 12.1 Å². The molecule has 0 aromatic heterocycles. The van der Waals surface area contributed by atoms with Gasteiger partial charge in [0.25, 0.3) is 0 Å². The van der Waals surface area contributed by atoms with Gasteiger partial charge in [0.1, 0.15) is 0 Å². The fraction of sp³-hybridized carbons (Fsp3) is 0. The normalized spacial score (nSPS) is 10.8. The van der Waals surface area contributed by atoms with E-state index in [0.717, 1.165) is 5.56 Å². The van der Waals surface area contributed by atoms with Gasteiger partial charge in [-0.2, -0.15) is 0 Å². The molecule has 2 aromatic carbocycles. The summed E-state index contributed by atoms with van der Waals surface area (Å²) in [5, 5.41) is 9.07. The number of carboxylic acids is 1. The second-order valence-corrected chi connectivity index (χ2v) is 3.14. The number of hydrogen-bond acceptors (Lipinski definition) is 1. The molecule has 2 heteroatoms. The molecular formula is C13H10O2. The van der Waals surface area contributed by atoms with Crippen molar-refractivity contribution in [3.8, 4) is 11.1 Å². The molecule has 0 aliphatic heterocycles. The summed E-state index contributed by atoms with van der Waals surface area (Å²) in [6.45, 7) is 0. The van der Waals surface area contributed by atoms with Gasteiger partial charge in [0.05, 0.1) is 6.93 Å². The smallest absolute Gasteiger partial charge is 0.336 e. The lowest BCUT2D eigenvalue weighted by molar-refractivity contribution is 0.0698. The summed E-state index contributed by atoms with van der Waals surface area (Å²) < 4.78 is 7.42. The molecule has 0 heterocycles. The van der Waals surface area contributed by atoms with Crippen LogP contribution in [0.2, 0.25) is 0 Å². The Morgan fingerprint density at radius 1 is 1.07 bits per heavy atom. The highest BCUT2D eigenvalue weighted by molar-refractivity contribution is 5.95. The Morgan fingerprint density at radius 3 is 2.47 bits per heavy atom. The van der Waals surface area contributed by atoms with Crippen LogP contribution in [0.15, 0.2) is 54.6 Å². The SMILES string of the molecule is [2H]c1ccc(-c2ccccc2)c(C(=O)O)c1. The zero-order valence-corrected chi connectivity index (χ0v) is 7.97. The minimum Gasteiger partial charge on any atom is -0.478 e. The minimum atomic E-state index is -1.01. The third kappa shape index (κ3) is 1.89. The van der Waals surface area contributed by atoms with Crippen LogP contribution < -0.4 is 0 Å². The molecule has 0 radical (unpaired) electrons. The molecule has 0 saturated carbocycles. The molecule has 2 aromatic rings. The van der Waals surface area contributed by atoms with Crippen molar-refractivity contribution in [1.29, 1.82) is 0 Å². The van der Waals surface area contributed by atoms with Gasteiger partial charge in [-0.05, 0) is 17.2 Å². The zero-order chi connectivity index (χ0) is 11.5. The van der Waals surface area contributed by atoms with Crippen molar-refractivity contribution >= 4 is 5.97 Å². The summed E-state index contributed by atoms with van der Waals surface area (Å²) in [4.78, 5) is 11.1. The van der Waals surface area contributed by atoms with Crippen LogP contribution in [0.5, 0.6) is 0 Å². The Balaban J connectivity index is 2.61. The van der Waals surface area contributed by atoms with Crippen LogP contribution in [0.25, 0.3) is 11.1 Å². The standard InChI is InChI=1S/C13H10O2/c14-13(15)12-9-5-4-8-11(12)10-6-2-1-3-7-10/h1-9H,(H,14,15)/i5D. The summed E-state index contributed by atoms with van der Waals surface area (Å²) in [7, 11) is 0. The van der Waals surface area contributed by atoms with E-state index in [2.05, 4.69) is 0 Å². The summed E-state index contributed by atoms with van der Waals surface area (Å²) >= 11 is 0. The number of hydrogen-bond donors (Lipinski definition) is 1. The predicted molar refractivity (Wildman–Crippen MR) is 58.8 cm³/mol. The molecule has 0 saturated heterocycles. The van der Waals surface area contributed by atoms with Gasteiger partial charge in [-0.1, -0.05) is 48.5 Å². The fourth-order valence-corrected chi connectivity index (χ4v) is 1.48. The number of carbonyl (C=O) groups is 1. The van der Waals surface area contributed by atoms with Crippen molar-refractivity contribution in [3.63, 3.8) is 0 Å². The van der Waals surface area contributed by atoms with Crippen molar-refractivity contribution in [2.45, 2.75) is 0 Å². The Labute approximate surface area is 89.2 Å². The van der Waals surface area contributed by atoms with Crippen LogP contribution in [-0.2, 0) is 0 Å². The first-order valence-corrected chi connectivity index (χ1v) is 4.58. The van der Waals surface area contributed by atoms with Crippen molar-refractivity contribution in [3.05, 3.63) is 60.1 Å². The van der Waals surface area contributed by atoms with Gasteiger partial charge < -0.3 is 5.11 Å². The highest BCUT2D eigenvalue weighted by Gasteiger charge is 2.09. The Hall–Kier alpha value is -2.09. The second kappa shape index (κ2) is 3.96. The van der Waals surface area contributed by atoms with Crippen LogP contribution in [0, 0.1) is 0 Å². The van der Waals surface area contributed by atoms with E-state index in [-0.39, 0.29) is 11.6 Å². The van der Waals surface area contributed by atoms with Gasteiger partial charge in [0.2, 0.25) is 0 Å². The van der Waals surface area contributed by atoms with Crippen molar-refractivity contribution in [2.75, 3.05) is 0 Å². The molecule has 0 unspecified atom stereocenters. The molecule has 0 bridgehead atoms. The molecule has 0 aliphatic rings. The Kier molecular flexibility index (Phi) is 2.18. The first-order chi connectivity index (χ1) is 7.68. The molecule has 15 heavy (non-hydrogen) atoms. The number of rotatable bonds is 2. The molecule has 2 rings (SSSR count).